The maximum atomic E-state index is 6.00. The number of hydrogen-bond donors (Lipinski definition) is 2. The Balaban J connectivity index is 2.11. The summed E-state index contributed by atoms with van der Waals surface area (Å²) in [6.07, 6.45) is 4.53. The second-order valence-electron chi connectivity index (χ2n) is 6.19. The van der Waals surface area contributed by atoms with Crippen LogP contribution in [0.3, 0.4) is 0 Å². The van der Waals surface area contributed by atoms with Gasteiger partial charge in [0.15, 0.2) is 0 Å². The number of aromatic nitrogens is 3. The lowest BCUT2D eigenvalue weighted by atomic mass is 9.95. The molecule has 0 aromatic carbocycles. The Hall–Kier alpha value is -2.17. The summed E-state index contributed by atoms with van der Waals surface area (Å²) < 4.78 is 0. The van der Waals surface area contributed by atoms with Crippen molar-refractivity contribution in [3.8, 4) is 0 Å². The summed E-state index contributed by atoms with van der Waals surface area (Å²) in [7, 11) is 0. The predicted molar refractivity (Wildman–Crippen MR) is 86.3 cm³/mol. The number of nitrogens with one attached hydrogen (secondary N) is 1. The molecule has 0 spiro atoms. The lowest BCUT2D eigenvalue weighted by Gasteiger charge is -2.19. The fourth-order valence-electron chi connectivity index (χ4n) is 1.92. The Labute approximate surface area is 126 Å². The highest BCUT2D eigenvalue weighted by Gasteiger charge is 2.20. The van der Waals surface area contributed by atoms with E-state index in [0.717, 1.165) is 30.2 Å². The predicted octanol–water partition coefficient (Wildman–Crippen LogP) is 2.71. The van der Waals surface area contributed by atoms with Crippen LogP contribution >= 0.6 is 0 Å². The molecule has 0 aliphatic rings. The second kappa shape index (κ2) is 6.08. The smallest absolute Gasteiger partial charge is 0.138 e. The van der Waals surface area contributed by atoms with Crippen molar-refractivity contribution in [2.45, 2.75) is 39.5 Å². The van der Waals surface area contributed by atoms with Crippen molar-refractivity contribution < 1.29 is 0 Å². The highest BCUT2D eigenvalue weighted by atomic mass is 15.1. The molecular weight excluding hydrogens is 262 g/mol. The van der Waals surface area contributed by atoms with E-state index in [-0.39, 0.29) is 5.41 Å². The standard InChI is InChI=1S/C16H23N5/c1-11-13(17)20-15(16(2,3)4)21-14(11)19-10-7-12-5-8-18-9-6-12/h5-6,8-9H,7,10H2,1-4H3,(H3,17,19,20,21). The van der Waals surface area contributed by atoms with Gasteiger partial charge in [0.2, 0.25) is 0 Å². The van der Waals surface area contributed by atoms with E-state index in [0.29, 0.717) is 5.82 Å². The minimum absolute atomic E-state index is 0.122. The Morgan fingerprint density at radius 3 is 2.43 bits per heavy atom. The fourth-order valence-corrected chi connectivity index (χ4v) is 1.92. The SMILES string of the molecule is Cc1c(N)nc(C(C)(C)C)nc1NCCc1ccncc1. The molecule has 0 bridgehead atoms. The minimum atomic E-state index is -0.122. The maximum absolute atomic E-state index is 6.00. The molecule has 2 rings (SSSR count). The summed E-state index contributed by atoms with van der Waals surface area (Å²) in [5.74, 6) is 2.12. The maximum Gasteiger partial charge on any atom is 0.138 e. The number of pyridine rings is 1. The number of rotatable bonds is 4. The van der Waals surface area contributed by atoms with Crippen LogP contribution in [-0.4, -0.2) is 21.5 Å². The third-order valence-corrected chi connectivity index (χ3v) is 3.31. The first-order valence-electron chi connectivity index (χ1n) is 7.15. The van der Waals surface area contributed by atoms with E-state index in [1.54, 1.807) is 12.4 Å². The Morgan fingerprint density at radius 1 is 1.14 bits per heavy atom. The first-order valence-corrected chi connectivity index (χ1v) is 7.15. The largest absolute Gasteiger partial charge is 0.383 e. The van der Waals surface area contributed by atoms with Crippen LogP contribution < -0.4 is 11.1 Å². The monoisotopic (exact) mass is 285 g/mol. The molecule has 2 aromatic heterocycles. The van der Waals surface area contributed by atoms with Crippen molar-refractivity contribution in [2.24, 2.45) is 0 Å². The first-order chi connectivity index (χ1) is 9.88. The molecule has 21 heavy (non-hydrogen) atoms. The Kier molecular flexibility index (Phi) is 4.40. The summed E-state index contributed by atoms with van der Waals surface area (Å²) in [6.45, 7) is 8.98. The number of nitrogen functional groups attached to an aromatic ring is 1. The van der Waals surface area contributed by atoms with Gasteiger partial charge in [-0.05, 0) is 31.0 Å². The van der Waals surface area contributed by atoms with E-state index in [1.807, 2.05) is 19.1 Å². The zero-order valence-electron chi connectivity index (χ0n) is 13.1. The Morgan fingerprint density at radius 2 is 1.81 bits per heavy atom. The van der Waals surface area contributed by atoms with Crippen LogP contribution in [0.2, 0.25) is 0 Å². The normalized spacial score (nSPS) is 11.4. The summed E-state index contributed by atoms with van der Waals surface area (Å²) >= 11 is 0. The van der Waals surface area contributed by atoms with Crippen molar-refractivity contribution in [2.75, 3.05) is 17.6 Å². The van der Waals surface area contributed by atoms with Gasteiger partial charge in [0, 0.05) is 29.9 Å². The molecule has 0 unspecified atom stereocenters. The molecule has 2 heterocycles. The summed E-state index contributed by atoms with van der Waals surface area (Å²) in [4.78, 5) is 13.0. The molecule has 2 aromatic rings. The van der Waals surface area contributed by atoms with Crippen LogP contribution in [0.5, 0.6) is 0 Å². The van der Waals surface area contributed by atoms with Gasteiger partial charge in [-0.2, -0.15) is 0 Å². The molecule has 5 nitrogen and oxygen atoms in total. The van der Waals surface area contributed by atoms with Gasteiger partial charge < -0.3 is 11.1 Å². The van der Waals surface area contributed by atoms with Crippen molar-refractivity contribution in [1.82, 2.24) is 15.0 Å². The van der Waals surface area contributed by atoms with Crippen LogP contribution in [-0.2, 0) is 11.8 Å². The van der Waals surface area contributed by atoms with Gasteiger partial charge in [0.1, 0.15) is 17.5 Å². The molecule has 0 saturated heterocycles. The molecule has 0 atom stereocenters. The van der Waals surface area contributed by atoms with E-state index in [4.69, 9.17) is 5.73 Å². The van der Waals surface area contributed by atoms with E-state index in [2.05, 4.69) is 41.0 Å². The van der Waals surface area contributed by atoms with Gasteiger partial charge >= 0.3 is 0 Å². The van der Waals surface area contributed by atoms with Crippen molar-refractivity contribution in [1.29, 1.82) is 0 Å². The third kappa shape index (κ3) is 3.90. The molecule has 0 saturated carbocycles. The average Bonchev–Trinajstić information content (AvgIpc) is 2.43. The molecule has 0 radical (unpaired) electrons. The Bertz CT molecular complexity index is 602. The average molecular weight is 285 g/mol. The highest BCUT2D eigenvalue weighted by Crippen LogP contribution is 2.24. The van der Waals surface area contributed by atoms with Crippen molar-refractivity contribution >= 4 is 11.6 Å². The number of nitrogens with two attached hydrogens (primary N) is 1. The van der Waals surface area contributed by atoms with Crippen LogP contribution in [0.25, 0.3) is 0 Å². The number of nitrogens with zero attached hydrogens (tertiary/aromatic N) is 3. The number of anilines is 2. The first kappa shape index (κ1) is 15.2. The molecule has 5 heteroatoms. The lowest BCUT2D eigenvalue weighted by Crippen LogP contribution is -2.20. The van der Waals surface area contributed by atoms with Gasteiger partial charge in [-0.3, -0.25) is 4.98 Å². The molecule has 112 valence electrons. The van der Waals surface area contributed by atoms with Crippen LogP contribution in [0.1, 0.15) is 37.7 Å². The topological polar surface area (TPSA) is 76.7 Å². The third-order valence-electron chi connectivity index (χ3n) is 3.31. The van der Waals surface area contributed by atoms with E-state index in [9.17, 15) is 0 Å². The summed E-state index contributed by atoms with van der Waals surface area (Å²) in [6, 6.07) is 4.03. The molecule has 0 amide bonds. The minimum Gasteiger partial charge on any atom is -0.383 e. The van der Waals surface area contributed by atoms with Gasteiger partial charge in [-0.1, -0.05) is 20.8 Å². The van der Waals surface area contributed by atoms with Gasteiger partial charge in [0.25, 0.3) is 0 Å². The zero-order chi connectivity index (χ0) is 15.5. The molecule has 0 aliphatic carbocycles. The molecular formula is C16H23N5. The quantitative estimate of drug-likeness (QED) is 0.903. The van der Waals surface area contributed by atoms with Crippen LogP contribution in [0.4, 0.5) is 11.6 Å². The zero-order valence-corrected chi connectivity index (χ0v) is 13.1. The van der Waals surface area contributed by atoms with Gasteiger partial charge in [0.05, 0.1) is 0 Å². The lowest BCUT2D eigenvalue weighted by molar-refractivity contribution is 0.546. The molecule has 3 N–H and O–H groups in total. The van der Waals surface area contributed by atoms with Crippen molar-refractivity contribution in [3.05, 3.63) is 41.5 Å². The van der Waals surface area contributed by atoms with E-state index < -0.39 is 0 Å². The molecule has 0 fully saturated rings. The van der Waals surface area contributed by atoms with Gasteiger partial charge in [-0.25, -0.2) is 9.97 Å². The van der Waals surface area contributed by atoms with Crippen LogP contribution in [0.15, 0.2) is 24.5 Å². The second-order valence-corrected chi connectivity index (χ2v) is 6.19. The summed E-state index contributed by atoms with van der Waals surface area (Å²) in [5.41, 5.74) is 8.02. The number of hydrogen-bond acceptors (Lipinski definition) is 5. The van der Waals surface area contributed by atoms with E-state index in [1.165, 1.54) is 5.56 Å². The highest BCUT2D eigenvalue weighted by molar-refractivity contribution is 5.55. The molecule has 0 aliphatic heterocycles. The van der Waals surface area contributed by atoms with Gasteiger partial charge in [-0.15, -0.1) is 0 Å². The van der Waals surface area contributed by atoms with E-state index >= 15 is 0 Å². The fraction of sp³-hybridized carbons (Fsp3) is 0.438. The summed E-state index contributed by atoms with van der Waals surface area (Å²) in [5, 5.41) is 3.36. The van der Waals surface area contributed by atoms with Crippen molar-refractivity contribution in [3.63, 3.8) is 0 Å². The van der Waals surface area contributed by atoms with Crippen LogP contribution in [0, 0.1) is 6.92 Å².